The first-order valence-corrected chi connectivity index (χ1v) is 5.59. The quantitative estimate of drug-likeness (QED) is 0.796. The number of ketones is 1. The predicted octanol–water partition coefficient (Wildman–Crippen LogP) is 2.62. The Bertz CT molecular complexity index is 535. The molecule has 2 rings (SSSR count). The maximum absolute atomic E-state index is 12.2. The van der Waals surface area contributed by atoms with Crippen molar-refractivity contribution in [2.24, 2.45) is 7.05 Å². The number of rotatable bonds is 2. The number of aromatic nitrogens is 2. The highest BCUT2D eigenvalue weighted by Crippen LogP contribution is 2.22. The number of carbonyl (C=O) groups is 1. The Hall–Kier alpha value is -1.36. The molecule has 0 atom stereocenters. The molecule has 0 aliphatic carbocycles. The second-order valence-electron chi connectivity index (χ2n) is 3.62. The van der Waals surface area contributed by atoms with Crippen LogP contribution in [0.3, 0.4) is 0 Å². The molecule has 0 N–H and O–H groups in total. The van der Waals surface area contributed by atoms with E-state index in [4.69, 9.17) is 4.42 Å². The van der Waals surface area contributed by atoms with Crippen molar-refractivity contribution in [2.45, 2.75) is 13.8 Å². The molecule has 0 aliphatic rings. The summed E-state index contributed by atoms with van der Waals surface area (Å²) < 4.78 is 7.59. The van der Waals surface area contributed by atoms with Crippen LogP contribution in [0.1, 0.15) is 27.6 Å². The van der Waals surface area contributed by atoms with Gasteiger partial charge >= 0.3 is 0 Å². The normalized spacial score (nSPS) is 10.8. The fourth-order valence-corrected chi connectivity index (χ4v) is 2.18. The van der Waals surface area contributed by atoms with Crippen LogP contribution in [0, 0.1) is 13.8 Å². The predicted molar refractivity (Wildman–Crippen MR) is 62.5 cm³/mol. The molecular weight excluding hydrogens is 272 g/mol. The van der Waals surface area contributed by atoms with Gasteiger partial charge in [-0.1, -0.05) is 0 Å². The van der Waals surface area contributed by atoms with E-state index in [0.717, 1.165) is 5.76 Å². The number of aryl methyl sites for hydroxylation is 3. The van der Waals surface area contributed by atoms with Crippen LogP contribution in [0.4, 0.5) is 0 Å². The zero-order valence-corrected chi connectivity index (χ0v) is 10.8. The number of hydrogen-bond acceptors (Lipinski definition) is 3. The fourth-order valence-electron chi connectivity index (χ4n) is 1.65. The molecule has 0 aromatic carbocycles. The molecule has 0 bridgehead atoms. The van der Waals surface area contributed by atoms with Crippen molar-refractivity contribution in [1.29, 1.82) is 0 Å². The van der Waals surface area contributed by atoms with Gasteiger partial charge in [-0.25, -0.2) is 0 Å². The molecule has 2 aromatic heterocycles. The minimum atomic E-state index is -0.0822. The van der Waals surface area contributed by atoms with E-state index in [9.17, 15) is 4.79 Å². The number of furan rings is 1. The van der Waals surface area contributed by atoms with E-state index < -0.39 is 0 Å². The van der Waals surface area contributed by atoms with Gasteiger partial charge in [-0.15, -0.1) is 0 Å². The minimum Gasteiger partial charge on any atom is -0.466 e. The van der Waals surface area contributed by atoms with Gasteiger partial charge in [0.1, 0.15) is 17.2 Å². The summed E-state index contributed by atoms with van der Waals surface area (Å²) in [7, 11) is 1.74. The lowest BCUT2D eigenvalue weighted by molar-refractivity contribution is 0.102. The monoisotopic (exact) mass is 282 g/mol. The Kier molecular flexibility index (Phi) is 2.71. The lowest BCUT2D eigenvalue weighted by Gasteiger charge is -2.00. The molecule has 5 heteroatoms. The zero-order valence-electron chi connectivity index (χ0n) is 9.24. The molecule has 0 fully saturated rings. The molecule has 84 valence electrons. The number of nitrogens with zero attached hydrogens (tertiary/aromatic N) is 2. The van der Waals surface area contributed by atoms with Crippen LogP contribution in [0.15, 0.2) is 21.2 Å². The van der Waals surface area contributed by atoms with Crippen molar-refractivity contribution in [1.82, 2.24) is 9.78 Å². The van der Waals surface area contributed by atoms with E-state index in [0.29, 0.717) is 21.5 Å². The summed E-state index contributed by atoms with van der Waals surface area (Å²) in [6.07, 6.45) is 1.61. The van der Waals surface area contributed by atoms with E-state index in [1.54, 1.807) is 30.9 Å². The smallest absolute Gasteiger partial charge is 0.215 e. The van der Waals surface area contributed by atoms with Gasteiger partial charge in [0, 0.05) is 7.05 Å². The summed E-state index contributed by atoms with van der Waals surface area (Å²) in [4.78, 5) is 12.2. The van der Waals surface area contributed by atoms with Gasteiger partial charge in [-0.3, -0.25) is 9.48 Å². The topological polar surface area (TPSA) is 48.0 Å². The molecule has 4 nitrogen and oxygen atoms in total. The number of hydrogen-bond donors (Lipinski definition) is 0. The van der Waals surface area contributed by atoms with Gasteiger partial charge < -0.3 is 4.42 Å². The average Bonchev–Trinajstić information content (AvgIpc) is 2.70. The summed E-state index contributed by atoms with van der Waals surface area (Å²) in [6, 6.07) is 1.75. The second-order valence-corrected chi connectivity index (χ2v) is 4.48. The molecule has 0 saturated carbocycles. The Labute approximate surface area is 101 Å². The van der Waals surface area contributed by atoms with Crippen LogP contribution < -0.4 is 0 Å². The third-order valence-corrected chi connectivity index (χ3v) is 2.98. The molecular formula is C11H11BrN2O2. The van der Waals surface area contributed by atoms with E-state index >= 15 is 0 Å². The van der Waals surface area contributed by atoms with E-state index in [1.165, 1.54) is 0 Å². The van der Waals surface area contributed by atoms with Crippen molar-refractivity contribution in [2.75, 3.05) is 0 Å². The van der Waals surface area contributed by atoms with E-state index in [1.807, 2.05) is 6.92 Å². The zero-order chi connectivity index (χ0) is 11.9. The highest BCUT2D eigenvalue weighted by atomic mass is 79.9. The van der Waals surface area contributed by atoms with Gasteiger partial charge in [0.05, 0.1) is 16.2 Å². The van der Waals surface area contributed by atoms with Crippen molar-refractivity contribution >= 4 is 21.7 Å². The molecule has 2 aromatic rings. The summed E-state index contributed by atoms with van der Waals surface area (Å²) in [5, 5.41) is 4.02. The summed E-state index contributed by atoms with van der Waals surface area (Å²) in [5.41, 5.74) is 1.12. The summed E-state index contributed by atoms with van der Waals surface area (Å²) in [5.74, 6) is 1.29. The first-order chi connectivity index (χ1) is 7.50. The van der Waals surface area contributed by atoms with Crippen molar-refractivity contribution in [3.05, 3.63) is 39.5 Å². The third kappa shape index (κ3) is 1.71. The Morgan fingerprint density at radius 3 is 2.62 bits per heavy atom. The Balaban J connectivity index is 2.51. The summed E-state index contributed by atoms with van der Waals surface area (Å²) >= 11 is 3.31. The van der Waals surface area contributed by atoms with E-state index in [2.05, 4.69) is 21.0 Å². The first kappa shape index (κ1) is 11.1. The summed E-state index contributed by atoms with van der Waals surface area (Å²) in [6.45, 7) is 3.60. The Morgan fingerprint density at radius 1 is 1.50 bits per heavy atom. The SMILES string of the molecule is Cc1cc(C(=O)c2c(Br)cnn2C)c(C)o1. The molecule has 0 saturated heterocycles. The van der Waals surface area contributed by atoms with E-state index in [-0.39, 0.29) is 5.78 Å². The first-order valence-electron chi connectivity index (χ1n) is 4.80. The average molecular weight is 283 g/mol. The molecule has 16 heavy (non-hydrogen) atoms. The maximum Gasteiger partial charge on any atom is 0.215 e. The molecule has 0 aliphatic heterocycles. The number of halogens is 1. The van der Waals surface area contributed by atoms with Crippen LogP contribution in [-0.2, 0) is 7.05 Å². The standard InChI is InChI=1S/C11H11BrN2O2/c1-6-4-8(7(2)16-6)11(15)10-9(12)5-13-14(10)3/h4-5H,1-3H3. The van der Waals surface area contributed by atoms with Gasteiger partial charge in [-0.2, -0.15) is 5.10 Å². The molecule has 0 unspecified atom stereocenters. The lowest BCUT2D eigenvalue weighted by atomic mass is 10.1. The lowest BCUT2D eigenvalue weighted by Crippen LogP contribution is -2.09. The van der Waals surface area contributed by atoms with Crippen LogP contribution in [0.25, 0.3) is 0 Å². The van der Waals surface area contributed by atoms with Crippen LogP contribution >= 0.6 is 15.9 Å². The van der Waals surface area contributed by atoms with Gasteiger partial charge in [0.2, 0.25) is 5.78 Å². The molecule has 2 heterocycles. The van der Waals surface area contributed by atoms with Gasteiger partial charge in [-0.05, 0) is 35.8 Å². The van der Waals surface area contributed by atoms with Crippen molar-refractivity contribution in [3.63, 3.8) is 0 Å². The maximum atomic E-state index is 12.2. The number of carbonyl (C=O) groups excluding carboxylic acids is 1. The highest BCUT2D eigenvalue weighted by Gasteiger charge is 2.21. The van der Waals surface area contributed by atoms with Crippen LogP contribution in [-0.4, -0.2) is 15.6 Å². The fraction of sp³-hybridized carbons (Fsp3) is 0.273. The second kappa shape index (κ2) is 3.90. The van der Waals surface area contributed by atoms with Crippen molar-refractivity contribution in [3.8, 4) is 0 Å². The van der Waals surface area contributed by atoms with Crippen LogP contribution in [0.5, 0.6) is 0 Å². The van der Waals surface area contributed by atoms with Crippen molar-refractivity contribution < 1.29 is 9.21 Å². The molecule has 0 amide bonds. The van der Waals surface area contributed by atoms with Gasteiger partial charge in [0.15, 0.2) is 0 Å². The third-order valence-electron chi connectivity index (χ3n) is 2.39. The Morgan fingerprint density at radius 2 is 2.19 bits per heavy atom. The highest BCUT2D eigenvalue weighted by molar-refractivity contribution is 9.10. The minimum absolute atomic E-state index is 0.0822. The van der Waals surface area contributed by atoms with Crippen LogP contribution in [0.2, 0.25) is 0 Å². The molecule has 0 spiro atoms. The molecule has 0 radical (unpaired) electrons. The largest absolute Gasteiger partial charge is 0.466 e. The van der Waals surface area contributed by atoms with Gasteiger partial charge in [0.25, 0.3) is 0 Å².